The van der Waals surface area contributed by atoms with Crippen molar-refractivity contribution in [2.24, 2.45) is 4.99 Å². The second-order valence-corrected chi connectivity index (χ2v) is 6.85. The maximum absolute atomic E-state index is 13.1. The molecule has 1 amide bonds. The summed E-state index contributed by atoms with van der Waals surface area (Å²) in [6.45, 7) is 1.00. The van der Waals surface area contributed by atoms with Crippen molar-refractivity contribution in [3.63, 3.8) is 0 Å². The Balaban J connectivity index is 1.70. The van der Waals surface area contributed by atoms with E-state index in [1.165, 1.54) is 0 Å². The molecule has 28 heavy (non-hydrogen) atoms. The lowest BCUT2D eigenvalue weighted by Gasteiger charge is -2.20. The van der Waals surface area contributed by atoms with Gasteiger partial charge in [0.1, 0.15) is 5.84 Å². The molecule has 4 rings (SSSR count). The Hall–Kier alpha value is -3.24. The third-order valence-electron chi connectivity index (χ3n) is 4.63. The van der Waals surface area contributed by atoms with E-state index in [0.717, 1.165) is 0 Å². The number of ketones is 1. The second-order valence-electron chi connectivity index (χ2n) is 6.41. The van der Waals surface area contributed by atoms with Crippen LogP contribution in [0, 0.1) is 0 Å². The zero-order chi connectivity index (χ0) is 19.5. The molecular formula is C23H17ClN2O2. The van der Waals surface area contributed by atoms with Crippen LogP contribution in [-0.4, -0.2) is 35.5 Å². The first-order valence-corrected chi connectivity index (χ1v) is 9.34. The topological polar surface area (TPSA) is 49.7 Å². The van der Waals surface area contributed by atoms with Crippen molar-refractivity contribution in [2.75, 3.05) is 13.1 Å². The van der Waals surface area contributed by atoms with Gasteiger partial charge in [0.05, 0.1) is 6.54 Å². The number of carbonyl (C=O) groups is 2. The fourth-order valence-corrected chi connectivity index (χ4v) is 3.37. The first kappa shape index (κ1) is 18.1. The Bertz CT molecular complexity index is 1060. The first-order valence-electron chi connectivity index (χ1n) is 8.96. The second kappa shape index (κ2) is 7.79. The molecule has 0 unspecified atom stereocenters. The number of hydrogen-bond acceptors (Lipinski definition) is 3. The number of hydrogen-bond donors (Lipinski definition) is 0. The third-order valence-corrected chi connectivity index (χ3v) is 4.88. The minimum absolute atomic E-state index is 0.120. The van der Waals surface area contributed by atoms with Gasteiger partial charge in [0.2, 0.25) is 0 Å². The summed E-state index contributed by atoms with van der Waals surface area (Å²) in [6, 6.07) is 23.1. The third kappa shape index (κ3) is 3.47. The van der Waals surface area contributed by atoms with Crippen LogP contribution in [0.15, 0.2) is 83.9 Å². The number of aliphatic imine (C=N–C) groups is 1. The predicted molar refractivity (Wildman–Crippen MR) is 110 cm³/mol. The molecule has 0 aromatic heterocycles. The van der Waals surface area contributed by atoms with Crippen LogP contribution >= 0.6 is 11.6 Å². The van der Waals surface area contributed by atoms with Crippen molar-refractivity contribution >= 4 is 29.1 Å². The number of carbonyl (C=O) groups excluding carboxylic acids is 2. The summed E-state index contributed by atoms with van der Waals surface area (Å²) in [7, 11) is 0. The number of nitrogens with zero attached hydrogens (tertiary/aromatic N) is 2. The lowest BCUT2D eigenvalue weighted by Crippen LogP contribution is -2.35. The zero-order valence-corrected chi connectivity index (χ0v) is 15.8. The Morgan fingerprint density at radius 2 is 1.50 bits per heavy atom. The van der Waals surface area contributed by atoms with Crippen LogP contribution in [0.4, 0.5) is 0 Å². The molecule has 138 valence electrons. The number of benzene rings is 3. The fourth-order valence-electron chi connectivity index (χ4n) is 3.24. The summed E-state index contributed by atoms with van der Waals surface area (Å²) >= 11 is 5.93. The number of halogens is 1. The molecule has 0 N–H and O–H groups in total. The van der Waals surface area contributed by atoms with Crippen LogP contribution in [0.25, 0.3) is 0 Å². The van der Waals surface area contributed by atoms with Crippen LogP contribution in [0.3, 0.4) is 0 Å². The Morgan fingerprint density at radius 3 is 2.25 bits per heavy atom. The molecular weight excluding hydrogens is 372 g/mol. The van der Waals surface area contributed by atoms with Gasteiger partial charge in [0.25, 0.3) is 5.91 Å². The van der Waals surface area contributed by atoms with Crippen molar-refractivity contribution in [1.82, 2.24) is 4.90 Å². The smallest absolute Gasteiger partial charge is 0.259 e. The maximum atomic E-state index is 13.1. The molecule has 1 heterocycles. The highest BCUT2D eigenvalue weighted by Crippen LogP contribution is 2.22. The van der Waals surface area contributed by atoms with Gasteiger partial charge in [-0.25, -0.2) is 0 Å². The lowest BCUT2D eigenvalue weighted by atomic mass is 9.97. The van der Waals surface area contributed by atoms with E-state index in [1.807, 2.05) is 36.4 Å². The average Bonchev–Trinajstić information content (AvgIpc) is 3.23. The molecule has 1 aliphatic rings. The van der Waals surface area contributed by atoms with Gasteiger partial charge in [-0.15, -0.1) is 0 Å². The van der Waals surface area contributed by atoms with Gasteiger partial charge in [-0.2, -0.15) is 0 Å². The van der Waals surface area contributed by atoms with E-state index >= 15 is 0 Å². The van der Waals surface area contributed by atoms with Gasteiger partial charge < -0.3 is 0 Å². The van der Waals surface area contributed by atoms with Crippen molar-refractivity contribution < 1.29 is 9.59 Å². The molecule has 0 aliphatic carbocycles. The average molecular weight is 389 g/mol. The number of amides is 1. The molecule has 4 nitrogen and oxygen atoms in total. The van der Waals surface area contributed by atoms with E-state index in [2.05, 4.69) is 4.99 Å². The highest BCUT2D eigenvalue weighted by Gasteiger charge is 2.28. The highest BCUT2D eigenvalue weighted by molar-refractivity contribution is 6.30. The fraction of sp³-hybridized carbons (Fsp3) is 0.0870. The highest BCUT2D eigenvalue weighted by atomic mass is 35.5. The monoisotopic (exact) mass is 388 g/mol. The largest absolute Gasteiger partial charge is 0.291 e. The Morgan fingerprint density at radius 1 is 0.821 bits per heavy atom. The Labute approximate surface area is 168 Å². The van der Waals surface area contributed by atoms with E-state index in [4.69, 9.17) is 11.6 Å². The number of rotatable bonds is 4. The SMILES string of the molecule is O=C(c1ccc(Cl)cc1)c1ccccc1C1=NCCN1C(=O)c1ccccc1. The molecule has 0 spiro atoms. The standard InChI is InChI=1S/C23H17ClN2O2/c24-18-12-10-16(11-13-18)21(27)19-8-4-5-9-20(19)22-25-14-15-26(22)23(28)17-6-2-1-3-7-17/h1-13H,14-15H2. The summed E-state index contributed by atoms with van der Waals surface area (Å²) < 4.78 is 0. The summed E-state index contributed by atoms with van der Waals surface area (Å²) in [4.78, 5) is 32.2. The van der Waals surface area contributed by atoms with Crippen molar-refractivity contribution in [3.8, 4) is 0 Å². The van der Waals surface area contributed by atoms with Crippen LogP contribution in [0.2, 0.25) is 5.02 Å². The van der Waals surface area contributed by atoms with Crippen LogP contribution in [0.5, 0.6) is 0 Å². The summed E-state index contributed by atoms with van der Waals surface area (Å²) in [5.41, 5.74) is 2.30. The zero-order valence-electron chi connectivity index (χ0n) is 15.0. The summed E-state index contributed by atoms with van der Waals surface area (Å²) in [5.74, 6) is 0.284. The normalized spacial score (nSPS) is 13.3. The molecule has 0 saturated heterocycles. The van der Waals surface area contributed by atoms with E-state index in [-0.39, 0.29) is 11.7 Å². The van der Waals surface area contributed by atoms with Crippen molar-refractivity contribution in [3.05, 3.63) is 106 Å². The van der Waals surface area contributed by atoms with Crippen molar-refractivity contribution in [1.29, 1.82) is 0 Å². The quantitative estimate of drug-likeness (QED) is 0.619. The maximum Gasteiger partial charge on any atom is 0.259 e. The molecule has 0 saturated carbocycles. The van der Waals surface area contributed by atoms with Crippen LogP contribution in [-0.2, 0) is 0 Å². The Kier molecular flexibility index (Phi) is 5.04. The van der Waals surface area contributed by atoms with Gasteiger partial charge in [0, 0.05) is 33.8 Å². The van der Waals surface area contributed by atoms with E-state index in [1.54, 1.807) is 47.4 Å². The van der Waals surface area contributed by atoms with E-state index in [9.17, 15) is 9.59 Å². The van der Waals surface area contributed by atoms with Crippen molar-refractivity contribution in [2.45, 2.75) is 0 Å². The molecule has 3 aromatic rings. The molecule has 3 aromatic carbocycles. The van der Waals surface area contributed by atoms with E-state index in [0.29, 0.717) is 46.2 Å². The first-order chi connectivity index (χ1) is 13.6. The minimum atomic E-state index is -0.131. The number of amidine groups is 1. The lowest BCUT2D eigenvalue weighted by molar-refractivity contribution is 0.0857. The van der Waals surface area contributed by atoms with Gasteiger partial charge in [-0.3, -0.25) is 19.5 Å². The predicted octanol–water partition coefficient (Wildman–Crippen LogP) is 4.47. The molecule has 0 fully saturated rings. The molecule has 1 aliphatic heterocycles. The molecule has 5 heteroatoms. The minimum Gasteiger partial charge on any atom is -0.291 e. The van der Waals surface area contributed by atoms with E-state index < -0.39 is 0 Å². The summed E-state index contributed by atoms with van der Waals surface area (Å²) in [5, 5.41) is 0.574. The van der Waals surface area contributed by atoms with Crippen LogP contribution < -0.4 is 0 Å². The molecule has 0 atom stereocenters. The van der Waals surface area contributed by atoms with Gasteiger partial charge in [-0.1, -0.05) is 54.1 Å². The van der Waals surface area contributed by atoms with Gasteiger partial charge in [-0.05, 0) is 36.4 Å². The van der Waals surface area contributed by atoms with Gasteiger partial charge in [0.15, 0.2) is 5.78 Å². The molecule has 0 radical (unpaired) electrons. The van der Waals surface area contributed by atoms with Gasteiger partial charge >= 0.3 is 0 Å². The molecule has 0 bridgehead atoms. The van der Waals surface area contributed by atoms with Crippen LogP contribution in [0.1, 0.15) is 31.8 Å². The summed E-state index contributed by atoms with van der Waals surface area (Å²) in [6.07, 6.45) is 0.